The zero-order chi connectivity index (χ0) is 12.4. The van der Waals surface area contributed by atoms with E-state index >= 15 is 0 Å². The van der Waals surface area contributed by atoms with E-state index in [1.54, 1.807) is 0 Å². The van der Waals surface area contributed by atoms with Gasteiger partial charge in [-0.1, -0.05) is 13.0 Å². The summed E-state index contributed by atoms with van der Waals surface area (Å²) in [6, 6.07) is 8.18. The quantitative estimate of drug-likeness (QED) is 0.874. The average molecular weight is 242 g/mol. The lowest BCUT2D eigenvalue weighted by molar-refractivity contribution is 0.703. The molecule has 94 valence electrons. The molecule has 1 fully saturated rings. The first-order chi connectivity index (χ1) is 8.86. The SMILES string of the molecule is CCNCc1cccc(-n2ccc(C3CC3)n2)n1. The van der Waals surface area contributed by atoms with Crippen LogP contribution in [0, 0.1) is 0 Å². The lowest BCUT2D eigenvalue weighted by Gasteiger charge is -2.04. The normalized spacial score (nSPS) is 14.9. The van der Waals surface area contributed by atoms with Crippen LogP contribution in [0.4, 0.5) is 0 Å². The molecule has 4 nitrogen and oxygen atoms in total. The molecule has 0 unspecified atom stereocenters. The van der Waals surface area contributed by atoms with Crippen LogP contribution >= 0.6 is 0 Å². The molecule has 0 spiro atoms. The van der Waals surface area contributed by atoms with Crippen LogP contribution in [-0.4, -0.2) is 21.3 Å². The van der Waals surface area contributed by atoms with Gasteiger partial charge >= 0.3 is 0 Å². The molecule has 0 atom stereocenters. The van der Waals surface area contributed by atoms with Crippen LogP contribution in [0.2, 0.25) is 0 Å². The van der Waals surface area contributed by atoms with Gasteiger partial charge in [-0.3, -0.25) is 0 Å². The molecule has 0 bridgehead atoms. The third kappa shape index (κ3) is 2.43. The van der Waals surface area contributed by atoms with Crippen LogP contribution in [0.3, 0.4) is 0 Å². The number of nitrogens with zero attached hydrogens (tertiary/aromatic N) is 3. The molecule has 0 amide bonds. The van der Waals surface area contributed by atoms with Gasteiger partial charge in [-0.25, -0.2) is 9.67 Å². The first kappa shape index (κ1) is 11.4. The molecule has 1 aliphatic carbocycles. The number of aromatic nitrogens is 3. The maximum absolute atomic E-state index is 4.61. The Kier molecular flexibility index (Phi) is 3.11. The van der Waals surface area contributed by atoms with E-state index in [0.29, 0.717) is 5.92 Å². The van der Waals surface area contributed by atoms with Crippen molar-refractivity contribution < 1.29 is 0 Å². The highest BCUT2D eigenvalue weighted by atomic mass is 15.3. The lowest BCUT2D eigenvalue weighted by atomic mass is 10.3. The summed E-state index contributed by atoms with van der Waals surface area (Å²) in [6.45, 7) is 3.86. The van der Waals surface area contributed by atoms with Gasteiger partial charge in [0.05, 0.1) is 11.4 Å². The fourth-order valence-electron chi connectivity index (χ4n) is 2.01. The van der Waals surface area contributed by atoms with Gasteiger partial charge in [0.25, 0.3) is 0 Å². The number of nitrogens with one attached hydrogen (secondary N) is 1. The van der Waals surface area contributed by atoms with Crippen molar-refractivity contribution in [3.8, 4) is 5.82 Å². The first-order valence-electron chi connectivity index (χ1n) is 6.59. The van der Waals surface area contributed by atoms with Crippen molar-refractivity contribution >= 4 is 0 Å². The van der Waals surface area contributed by atoms with E-state index in [-0.39, 0.29) is 0 Å². The van der Waals surface area contributed by atoms with Gasteiger partial charge in [-0.2, -0.15) is 5.10 Å². The molecule has 0 aromatic carbocycles. The summed E-state index contributed by atoms with van der Waals surface area (Å²) >= 11 is 0. The maximum atomic E-state index is 4.61. The Hall–Kier alpha value is -1.68. The van der Waals surface area contributed by atoms with Gasteiger partial charge in [-0.05, 0) is 37.6 Å². The summed E-state index contributed by atoms with van der Waals surface area (Å²) in [5, 5.41) is 7.88. The molecule has 1 N–H and O–H groups in total. The van der Waals surface area contributed by atoms with E-state index in [2.05, 4.69) is 28.4 Å². The van der Waals surface area contributed by atoms with Crippen molar-refractivity contribution in [2.75, 3.05) is 6.54 Å². The summed E-state index contributed by atoms with van der Waals surface area (Å²) in [7, 11) is 0. The predicted octanol–water partition coefficient (Wildman–Crippen LogP) is 2.25. The first-order valence-corrected chi connectivity index (χ1v) is 6.59. The Bertz CT molecular complexity index is 528. The van der Waals surface area contributed by atoms with Gasteiger partial charge in [0, 0.05) is 18.7 Å². The number of rotatable bonds is 5. The minimum Gasteiger partial charge on any atom is -0.311 e. The van der Waals surface area contributed by atoms with Crippen molar-refractivity contribution in [3.05, 3.63) is 41.9 Å². The second-order valence-electron chi connectivity index (χ2n) is 4.73. The standard InChI is InChI=1S/C14H18N4/c1-2-15-10-12-4-3-5-14(16-12)18-9-8-13(17-18)11-6-7-11/h3-5,8-9,11,15H,2,6-7,10H2,1H3. The van der Waals surface area contributed by atoms with Gasteiger partial charge < -0.3 is 5.32 Å². The van der Waals surface area contributed by atoms with Crippen molar-refractivity contribution in [2.24, 2.45) is 0 Å². The minimum atomic E-state index is 0.691. The minimum absolute atomic E-state index is 0.691. The van der Waals surface area contributed by atoms with Crippen LogP contribution < -0.4 is 5.32 Å². The zero-order valence-corrected chi connectivity index (χ0v) is 10.6. The fourth-order valence-corrected chi connectivity index (χ4v) is 2.01. The van der Waals surface area contributed by atoms with E-state index in [9.17, 15) is 0 Å². The van der Waals surface area contributed by atoms with Crippen LogP contribution in [0.5, 0.6) is 0 Å². The van der Waals surface area contributed by atoms with E-state index in [0.717, 1.165) is 24.6 Å². The molecule has 1 aliphatic rings. The molecular formula is C14H18N4. The highest BCUT2D eigenvalue weighted by Crippen LogP contribution is 2.38. The third-order valence-corrected chi connectivity index (χ3v) is 3.19. The Balaban J connectivity index is 1.81. The molecule has 2 heterocycles. The van der Waals surface area contributed by atoms with Crippen LogP contribution in [0.15, 0.2) is 30.5 Å². The van der Waals surface area contributed by atoms with E-state index in [1.165, 1.54) is 18.5 Å². The summed E-state index contributed by atoms with van der Waals surface area (Å²) in [5.41, 5.74) is 2.26. The van der Waals surface area contributed by atoms with E-state index in [4.69, 9.17) is 0 Å². The molecule has 2 aromatic heterocycles. The highest BCUT2D eigenvalue weighted by Gasteiger charge is 2.25. The lowest BCUT2D eigenvalue weighted by Crippen LogP contribution is -2.13. The van der Waals surface area contributed by atoms with Crippen molar-refractivity contribution in [1.29, 1.82) is 0 Å². The Morgan fingerprint density at radius 1 is 1.33 bits per heavy atom. The molecule has 0 saturated heterocycles. The molecule has 3 rings (SSSR count). The van der Waals surface area contributed by atoms with Crippen LogP contribution in [0.1, 0.15) is 37.1 Å². The highest BCUT2D eigenvalue weighted by molar-refractivity contribution is 5.25. The van der Waals surface area contributed by atoms with Crippen molar-refractivity contribution in [1.82, 2.24) is 20.1 Å². The summed E-state index contributed by atoms with van der Waals surface area (Å²) in [6.07, 6.45) is 4.57. The van der Waals surface area contributed by atoms with E-state index < -0.39 is 0 Å². The largest absolute Gasteiger partial charge is 0.311 e. The Labute approximate surface area is 107 Å². The van der Waals surface area contributed by atoms with Crippen molar-refractivity contribution in [3.63, 3.8) is 0 Å². The molecular weight excluding hydrogens is 224 g/mol. The maximum Gasteiger partial charge on any atom is 0.153 e. The fraction of sp³-hybridized carbons (Fsp3) is 0.429. The third-order valence-electron chi connectivity index (χ3n) is 3.19. The second-order valence-corrected chi connectivity index (χ2v) is 4.73. The Morgan fingerprint density at radius 2 is 2.22 bits per heavy atom. The molecule has 18 heavy (non-hydrogen) atoms. The molecule has 4 heteroatoms. The zero-order valence-electron chi connectivity index (χ0n) is 10.6. The molecule has 1 saturated carbocycles. The van der Waals surface area contributed by atoms with Gasteiger partial charge in [0.15, 0.2) is 5.82 Å². The van der Waals surface area contributed by atoms with Crippen LogP contribution in [-0.2, 0) is 6.54 Å². The van der Waals surface area contributed by atoms with Gasteiger partial charge in [0.2, 0.25) is 0 Å². The number of hydrogen-bond acceptors (Lipinski definition) is 3. The van der Waals surface area contributed by atoms with Gasteiger partial charge in [0.1, 0.15) is 0 Å². The monoisotopic (exact) mass is 242 g/mol. The molecule has 0 aliphatic heterocycles. The number of pyridine rings is 1. The van der Waals surface area contributed by atoms with E-state index in [1.807, 2.05) is 29.1 Å². The average Bonchev–Trinajstić information content (AvgIpc) is 3.14. The second kappa shape index (κ2) is 4.90. The molecule has 0 radical (unpaired) electrons. The Morgan fingerprint density at radius 3 is 3.00 bits per heavy atom. The summed E-state index contributed by atoms with van der Waals surface area (Å²) in [4.78, 5) is 4.61. The number of hydrogen-bond donors (Lipinski definition) is 1. The van der Waals surface area contributed by atoms with Crippen LogP contribution in [0.25, 0.3) is 5.82 Å². The topological polar surface area (TPSA) is 42.7 Å². The summed E-state index contributed by atoms with van der Waals surface area (Å²) in [5.74, 6) is 1.59. The smallest absolute Gasteiger partial charge is 0.153 e. The molecule has 2 aromatic rings. The predicted molar refractivity (Wildman–Crippen MR) is 70.7 cm³/mol. The van der Waals surface area contributed by atoms with Crippen molar-refractivity contribution in [2.45, 2.75) is 32.2 Å². The summed E-state index contributed by atoms with van der Waals surface area (Å²) < 4.78 is 1.88. The van der Waals surface area contributed by atoms with Gasteiger partial charge in [-0.15, -0.1) is 0 Å².